The van der Waals surface area contributed by atoms with Crippen LogP contribution in [0.2, 0.25) is 0 Å². The Kier molecular flexibility index (Phi) is 5.94. The molecule has 1 amide bonds. The predicted octanol–water partition coefficient (Wildman–Crippen LogP) is 5.48. The summed E-state index contributed by atoms with van der Waals surface area (Å²) in [7, 11) is 0. The first-order chi connectivity index (χ1) is 13.4. The highest BCUT2D eigenvalue weighted by molar-refractivity contribution is 6.04. The van der Waals surface area contributed by atoms with Gasteiger partial charge in [-0.05, 0) is 69.2 Å². The van der Waals surface area contributed by atoms with Crippen molar-refractivity contribution in [3.8, 4) is 5.75 Å². The van der Waals surface area contributed by atoms with E-state index in [4.69, 9.17) is 4.74 Å². The van der Waals surface area contributed by atoms with Crippen LogP contribution in [0.4, 0.5) is 17.1 Å². The van der Waals surface area contributed by atoms with E-state index in [1.165, 1.54) is 0 Å². The second kappa shape index (κ2) is 8.57. The monoisotopic (exact) mass is 375 g/mol. The second-order valence-corrected chi connectivity index (χ2v) is 7.08. The van der Waals surface area contributed by atoms with Gasteiger partial charge < -0.3 is 15.4 Å². The molecule has 2 N–H and O–H groups in total. The minimum Gasteiger partial charge on any atom is -0.489 e. The molecular formula is C23H25N3O2. The maximum Gasteiger partial charge on any atom is 0.257 e. The lowest BCUT2D eigenvalue weighted by Gasteiger charge is -2.15. The summed E-state index contributed by atoms with van der Waals surface area (Å²) >= 11 is 0. The molecule has 0 aliphatic carbocycles. The zero-order valence-corrected chi connectivity index (χ0v) is 16.6. The van der Waals surface area contributed by atoms with E-state index in [1.807, 2.05) is 64.1 Å². The van der Waals surface area contributed by atoms with E-state index >= 15 is 0 Å². The zero-order valence-electron chi connectivity index (χ0n) is 16.6. The fraction of sp³-hybridized carbons (Fsp3) is 0.217. The van der Waals surface area contributed by atoms with Crippen LogP contribution in [0.5, 0.6) is 5.75 Å². The van der Waals surface area contributed by atoms with Crippen molar-refractivity contribution in [3.05, 3.63) is 77.6 Å². The number of nitrogens with one attached hydrogen (secondary N) is 2. The first-order valence-corrected chi connectivity index (χ1v) is 9.28. The van der Waals surface area contributed by atoms with Gasteiger partial charge in [0.25, 0.3) is 5.91 Å². The van der Waals surface area contributed by atoms with Gasteiger partial charge in [0, 0.05) is 11.9 Å². The summed E-state index contributed by atoms with van der Waals surface area (Å²) in [6.07, 6.45) is 3.30. The average Bonchev–Trinajstić information content (AvgIpc) is 2.62. The fourth-order valence-corrected chi connectivity index (χ4v) is 2.96. The molecule has 0 saturated carbocycles. The first-order valence-electron chi connectivity index (χ1n) is 9.28. The summed E-state index contributed by atoms with van der Waals surface area (Å²) in [4.78, 5) is 16.9. The molecule has 28 heavy (non-hydrogen) atoms. The molecule has 0 aliphatic rings. The molecule has 5 heteroatoms. The summed E-state index contributed by atoms with van der Waals surface area (Å²) in [6, 6.07) is 15.4. The molecule has 0 fully saturated rings. The molecule has 0 unspecified atom stereocenters. The number of aromatic nitrogens is 1. The maximum absolute atomic E-state index is 12.7. The van der Waals surface area contributed by atoms with Crippen LogP contribution in [0.3, 0.4) is 0 Å². The number of carbonyl (C=O) groups is 1. The summed E-state index contributed by atoms with van der Waals surface area (Å²) in [5.74, 6) is 0.551. The Bertz CT molecular complexity index is 963. The Morgan fingerprint density at radius 1 is 0.964 bits per heavy atom. The molecule has 0 aliphatic heterocycles. The highest BCUT2D eigenvalue weighted by Crippen LogP contribution is 2.28. The third-order valence-corrected chi connectivity index (χ3v) is 4.01. The van der Waals surface area contributed by atoms with Crippen LogP contribution in [0.15, 0.2) is 60.9 Å². The number of rotatable bonds is 6. The van der Waals surface area contributed by atoms with Crippen molar-refractivity contribution in [1.29, 1.82) is 0 Å². The molecule has 1 aromatic heterocycles. The van der Waals surface area contributed by atoms with Crippen LogP contribution in [0.1, 0.15) is 35.3 Å². The van der Waals surface area contributed by atoms with Crippen LogP contribution in [0, 0.1) is 13.8 Å². The minimum absolute atomic E-state index is 0.0657. The van der Waals surface area contributed by atoms with E-state index in [2.05, 4.69) is 21.7 Å². The minimum atomic E-state index is -0.201. The van der Waals surface area contributed by atoms with Crippen molar-refractivity contribution in [2.75, 3.05) is 10.6 Å². The Labute approximate surface area is 165 Å². The Balaban J connectivity index is 1.78. The summed E-state index contributed by atoms with van der Waals surface area (Å²) in [6.45, 7) is 7.98. The number of nitrogens with zero attached hydrogens (tertiary/aromatic N) is 1. The Hall–Kier alpha value is -3.34. The van der Waals surface area contributed by atoms with Gasteiger partial charge >= 0.3 is 0 Å². The fourth-order valence-electron chi connectivity index (χ4n) is 2.96. The molecular weight excluding hydrogens is 350 g/mol. The number of para-hydroxylation sites is 2. The molecule has 0 saturated heterocycles. The lowest BCUT2D eigenvalue weighted by Crippen LogP contribution is -2.13. The Morgan fingerprint density at radius 3 is 2.39 bits per heavy atom. The number of aryl methyl sites for hydroxylation is 2. The van der Waals surface area contributed by atoms with Gasteiger partial charge in [0.15, 0.2) is 0 Å². The molecule has 0 atom stereocenters. The lowest BCUT2D eigenvalue weighted by atomic mass is 10.1. The molecule has 5 nitrogen and oxygen atoms in total. The third kappa shape index (κ3) is 5.10. The smallest absolute Gasteiger partial charge is 0.257 e. The quantitative estimate of drug-likeness (QED) is 0.599. The molecule has 0 bridgehead atoms. The molecule has 2 aromatic carbocycles. The number of ether oxygens (including phenoxy) is 1. The standard InChI is InChI=1S/C23H25N3O2/c1-15(2)28-22-8-6-5-7-21(22)25-20-12-18(13-24-14-20)23(27)26-19-10-16(3)9-17(4)11-19/h5-15,25H,1-4H3,(H,26,27). The van der Waals surface area contributed by atoms with Crippen molar-refractivity contribution in [1.82, 2.24) is 4.98 Å². The zero-order chi connectivity index (χ0) is 20.1. The number of pyridine rings is 1. The maximum atomic E-state index is 12.7. The third-order valence-electron chi connectivity index (χ3n) is 4.01. The lowest BCUT2D eigenvalue weighted by molar-refractivity contribution is 0.102. The molecule has 0 radical (unpaired) electrons. The van der Waals surface area contributed by atoms with E-state index < -0.39 is 0 Å². The van der Waals surface area contributed by atoms with Gasteiger partial charge in [-0.1, -0.05) is 18.2 Å². The van der Waals surface area contributed by atoms with Gasteiger partial charge in [-0.25, -0.2) is 0 Å². The molecule has 1 heterocycles. The number of amides is 1. The van der Waals surface area contributed by atoms with Crippen LogP contribution in [0.25, 0.3) is 0 Å². The van der Waals surface area contributed by atoms with Gasteiger partial charge in [-0.15, -0.1) is 0 Å². The van der Waals surface area contributed by atoms with Gasteiger partial charge in [0.05, 0.1) is 29.2 Å². The van der Waals surface area contributed by atoms with Crippen LogP contribution < -0.4 is 15.4 Å². The van der Waals surface area contributed by atoms with Gasteiger partial charge in [-0.3, -0.25) is 9.78 Å². The van der Waals surface area contributed by atoms with Crippen molar-refractivity contribution in [2.24, 2.45) is 0 Å². The van der Waals surface area contributed by atoms with E-state index in [-0.39, 0.29) is 12.0 Å². The van der Waals surface area contributed by atoms with Crippen molar-refractivity contribution >= 4 is 23.0 Å². The first kappa shape index (κ1) is 19.4. The van der Waals surface area contributed by atoms with E-state index in [1.54, 1.807) is 18.5 Å². The summed E-state index contributed by atoms with van der Waals surface area (Å²) < 4.78 is 5.83. The average molecular weight is 375 g/mol. The normalized spacial score (nSPS) is 10.6. The second-order valence-electron chi connectivity index (χ2n) is 7.08. The topological polar surface area (TPSA) is 63.2 Å². The molecule has 3 aromatic rings. The number of anilines is 3. The summed E-state index contributed by atoms with van der Waals surface area (Å²) in [5, 5.41) is 6.22. The van der Waals surface area contributed by atoms with Gasteiger partial charge in [-0.2, -0.15) is 0 Å². The van der Waals surface area contributed by atoms with Crippen molar-refractivity contribution in [3.63, 3.8) is 0 Å². The highest BCUT2D eigenvalue weighted by atomic mass is 16.5. The van der Waals surface area contributed by atoms with Crippen LogP contribution >= 0.6 is 0 Å². The number of hydrogen-bond donors (Lipinski definition) is 2. The molecule has 0 spiro atoms. The predicted molar refractivity (Wildman–Crippen MR) is 114 cm³/mol. The number of benzene rings is 2. The van der Waals surface area contributed by atoms with Crippen molar-refractivity contribution < 1.29 is 9.53 Å². The summed E-state index contributed by atoms with van der Waals surface area (Å²) in [5.41, 5.74) is 5.00. The number of hydrogen-bond acceptors (Lipinski definition) is 4. The van der Waals surface area contributed by atoms with Crippen molar-refractivity contribution in [2.45, 2.75) is 33.8 Å². The van der Waals surface area contributed by atoms with E-state index in [0.29, 0.717) is 11.3 Å². The largest absolute Gasteiger partial charge is 0.489 e. The van der Waals surface area contributed by atoms with Crippen LogP contribution in [-0.2, 0) is 0 Å². The van der Waals surface area contributed by atoms with Gasteiger partial charge in [0.2, 0.25) is 0 Å². The SMILES string of the molecule is Cc1cc(C)cc(NC(=O)c2cncc(Nc3ccccc3OC(C)C)c2)c1. The Morgan fingerprint density at radius 2 is 1.68 bits per heavy atom. The van der Waals surface area contributed by atoms with Crippen LogP contribution in [-0.4, -0.2) is 17.0 Å². The molecule has 3 rings (SSSR count). The highest BCUT2D eigenvalue weighted by Gasteiger charge is 2.10. The van der Waals surface area contributed by atoms with E-state index in [0.717, 1.165) is 28.3 Å². The molecule has 144 valence electrons. The van der Waals surface area contributed by atoms with Gasteiger partial charge in [0.1, 0.15) is 5.75 Å². The van der Waals surface area contributed by atoms with E-state index in [9.17, 15) is 4.79 Å². The number of carbonyl (C=O) groups excluding carboxylic acids is 1.